The van der Waals surface area contributed by atoms with Crippen LogP contribution in [0.4, 0.5) is 5.69 Å². The molecular weight excluding hydrogens is 522 g/mol. The molecule has 0 spiro atoms. The van der Waals surface area contributed by atoms with E-state index in [0.717, 1.165) is 22.0 Å². The van der Waals surface area contributed by atoms with Crippen LogP contribution in [0.3, 0.4) is 0 Å². The number of para-hydroxylation sites is 1. The Kier molecular flexibility index (Phi) is 6.84. The van der Waals surface area contributed by atoms with Gasteiger partial charge in [-0.25, -0.2) is 4.79 Å². The minimum atomic E-state index is -0.543. The zero-order valence-corrected chi connectivity index (χ0v) is 22.1. The Hall–Kier alpha value is -4.27. The first-order valence-corrected chi connectivity index (χ1v) is 12.5. The van der Waals surface area contributed by atoms with Gasteiger partial charge in [0.15, 0.2) is 5.11 Å². The van der Waals surface area contributed by atoms with Gasteiger partial charge in [0.1, 0.15) is 5.57 Å². The molecule has 1 aliphatic rings. The predicted octanol–water partition coefficient (Wildman–Crippen LogP) is 5.30. The Morgan fingerprint density at radius 2 is 1.66 bits per heavy atom. The number of carbonyl (C=O) groups is 3. The smallest absolute Gasteiger partial charge is 0.337 e. The molecule has 38 heavy (non-hydrogen) atoms. The molecular formula is C29H22ClN3O4S. The summed E-state index contributed by atoms with van der Waals surface area (Å²) in [5.41, 5.74) is 3.50. The Morgan fingerprint density at radius 1 is 0.974 bits per heavy atom. The van der Waals surface area contributed by atoms with E-state index in [4.69, 9.17) is 28.6 Å². The monoisotopic (exact) mass is 543 g/mol. The highest BCUT2D eigenvalue weighted by molar-refractivity contribution is 7.80. The molecule has 0 bridgehead atoms. The van der Waals surface area contributed by atoms with Gasteiger partial charge in [-0.2, -0.15) is 0 Å². The first-order chi connectivity index (χ1) is 18.3. The van der Waals surface area contributed by atoms with Crippen LogP contribution in [0, 0.1) is 0 Å². The number of carbonyl (C=O) groups excluding carboxylic acids is 3. The summed E-state index contributed by atoms with van der Waals surface area (Å²) in [5, 5.41) is 1.62. The second kappa shape index (κ2) is 10.2. The number of hydrogen-bond acceptors (Lipinski definition) is 5. The average Bonchev–Trinajstić information content (AvgIpc) is 3.28. The lowest BCUT2D eigenvalue weighted by Crippen LogP contribution is -2.54. The van der Waals surface area contributed by atoms with E-state index in [2.05, 4.69) is 4.57 Å². The molecule has 190 valence electrons. The van der Waals surface area contributed by atoms with E-state index in [-0.39, 0.29) is 10.7 Å². The van der Waals surface area contributed by atoms with Crippen molar-refractivity contribution in [1.29, 1.82) is 0 Å². The maximum absolute atomic E-state index is 13.6. The number of nitrogens with zero attached hydrogens (tertiary/aromatic N) is 3. The topological polar surface area (TPSA) is 71.8 Å². The number of hydrogen-bond donors (Lipinski definition) is 0. The van der Waals surface area contributed by atoms with Crippen molar-refractivity contribution in [2.45, 2.75) is 6.54 Å². The number of benzene rings is 3. The second-order valence-corrected chi connectivity index (χ2v) is 9.54. The van der Waals surface area contributed by atoms with Crippen LogP contribution in [0.1, 0.15) is 21.5 Å². The third-order valence-corrected chi connectivity index (χ3v) is 7.09. The van der Waals surface area contributed by atoms with Gasteiger partial charge in [-0.05, 0) is 66.3 Å². The lowest BCUT2D eigenvalue weighted by Gasteiger charge is -2.34. The fourth-order valence-corrected chi connectivity index (χ4v) is 4.79. The van der Waals surface area contributed by atoms with Gasteiger partial charge in [-0.15, -0.1) is 0 Å². The predicted molar refractivity (Wildman–Crippen MR) is 151 cm³/mol. The van der Waals surface area contributed by atoms with Crippen LogP contribution in [0.25, 0.3) is 17.0 Å². The number of halogens is 1. The number of esters is 1. The van der Waals surface area contributed by atoms with Crippen LogP contribution in [0.5, 0.6) is 0 Å². The van der Waals surface area contributed by atoms with Crippen LogP contribution in [-0.2, 0) is 20.9 Å². The van der Waals surface area contributed by atoms with E-state index >= 15 is 0 Å². The van der Waals surface area contributed by atoms with Gasteiger partial charge in [0.25, 0.3) is 11.8 Å². The van der Waals surface area contributed by atoms with E-state index in [1.165, 1.54) is 24.0 Å². The zero-order valence-electron chi connectivity index (χ0n) is 20.6. The maximum atomic E-state index is 13.6. The number of fused-ring (bicyclic) bond motifs is 1. The highest BCUT2D eigenvalue weighted by atomic mass is 35.5. The molecule has 0 radical (unpaired) electrons. The first-order valence-electron chi connectivity index (χ1n) is 11.7. The molecule has 1 saturated heterocycles. The average molecular weight is 544 g/mol. The van der Waals surface area contributed by atoms with Crippen LogP contribution in [0.2, 0.25) is 5.02 Å². The quantitative estimate of drug-likeness (QED) is 0.148. The summed E-state index contributed by atoms with van der Waals surface area (Å²) in [6.45, 7) is 0.589. The van der Waals surface area contributed by atoms with Crippen molar-refractivity contribution in [1.82, 2.24) is 9.47 Å². The molecule has 0 saturated carbocycles. The molecule has 4 aromatic rings. The molecule has 1 aliphatic heterocycles. The number of aromatic nitrogens is 1. The van der Waals surface area contributed by atoms with Crippen molar-refractivity contribution in [2.75, 3.05) is 19.1 Å². The van der Waals surface area contributed by atoms with Gasteiger partial charge in [0.05, 0.1) is 18.4 Å². The van der Waals surface area contributed by atoms with E-state index in [0.29, 0.717) is 22.8 Å². The molecule has 0 unspecified atom stereocenters. The van der Waals surface area contributed by atoms with Crippen LogP contribution in [0.15, 0.2) is 84.6 Å². The fourth-order valence-electron chi connectivity index (χ4n) is 4.39. The molecule has 0 N–H and O–H groups in total. The standard InChI is InChI=1S/C29H22ClN3O4S/c1-31-26(34)24(27(35)33(29(31)38)22-13-9-19(10-14-22)28(36)37-2)15-20-17-32(25-6-4-3-5-23(20)25)16-18-7-11-21(30)12-8-18/h3-15,17H,16H2,1-2H3/b24-15+. The molecule has 2 heterocycles. The van der Waals surface area contributed by atoms with Gasteiger partial charge >= 0.3 is 5.97 Å². The summed E-state index contributed by atoms with van der Waals surface area (Å²) in [6.07, 6.45) is 3.54. The van der Waals surface area contributed by atoms with Crippen LogP contribution >= 0.6 is 23.8 Å². The highest BCUT2D eigenvalue weighted by Gasteiger charge is 2.38. The molecule has 3 aromatic carbocycles. The highest BCUT2D eigenvalue weighted by Crippen LogP contribution is 2.29. The van der Waals surface area contributed by atoms with Gasteiger partial charge in [-0.3, -0.25) is 19.4 Å². The van der Waals surface area contributed by atoms with Gasteiger partial charge in [-0.1, -0.05) is 41.9 Å². The third kappa shape index (κ3) is 4.60. The Bertz CT molecular complexity index is 1620. The van der Waals surface area contributed by atoms with E-state index in [1.807, 2.05) is 54.7 Å². The minimum Gasteiger partial charge on any atom is -0.465 e. The molecule has 1 aromatic heterocycles. The number of ether oxygens (including phenoxy) is 1. The van der Waals surface area contributed by atoms with E-state index in [9.17, 15) is 14.4 Å². The molecule has 9 heteroatoms. The second-order valence-electron chi connectivity index (χ2n) is 8.74. The van der Waals surface area contributed by atoms with Gasteiger partial charge in [0.2, 0.25) is 0 Å². The SMILES string of the molecule is COC(=O)c1ccc(N2C(=O)/C(=C/c3cn(Cc4ccc(Cl)cc4)c4ccccc34)C(=O)N(C)C2=S)cc1. The molecule has 2 amide bonds. The minimum absolute atomic E-state index is 0.0208. The van der Waals surface area contributed by atoms with Crippen molar-refractivity contribution in [3.8, 4) is 0 Å². The van der Waals surface area contributed by atoms with E-state index < -0.39 is 17.8 Å². The maximum Gasteiger partial charge on any atom is 0.337 e. The summed E-state index contributed by atoms with van der Waals surface area (Å²) < 4.78 is 6.81. The zero-order chi connectivity index (χ0) is 27.0. The van der Waals surface area contributed by atoms with Crippen molar-refractivity contribution in [3.63, 3.8) is 0 Å². The number of amides is 2. The van der Waals surface area contributed by atoms with Crippen molar-refractivity contribution >= 4 is 69.4 Å². The normalized spacial score (nSPS) is 15.0. The Balaban J connectivity index is 1.55. The number of rotatable bonds is 5. The number of methoxy groups -OCH3 is 1. The lowest BCUT2D eigenvalue weighted by atomic mass is 10.1. The number of likely N-dealkylation sites (N-methyl/N-ethyl adjacent to an activating group) is 1. The summed E-state index contributed by atoms with van der Waals surface area (Å²) in [5.74, 6) is -1.53. The summed E-state index contributed by atoms with van der Waals surface area (Å²) in [6, 6.07) is 21.7. The van der Waals surface area contributed by atoms with Gasteiger partial charge in [0, 0.05) is 41.3 Å². The van der Waals surface area contributed by atoms with Crippen molar-refractivity contribution in [3.05, 3.63) is 106 Å². The molecule has 5 rings (SSSR count). The molecule has 1 fully saturated rings. The fraction of sp³-hybridized carbons (Fsp3) is 0.103. The number of anilines is 1. The Labute approximate surface area is 229 Å². The lowest BCUT2D eigenvalue weighted by molar-refractivity contribution is -0.127. The summed E-state index contributed by atoms with van der Waals surface area (Å²) in [7, 11) is 2.83. The Morgan fingerprint density at radius 3 is 2.34 bits per heavy atom. The molecule has 7 nitrogen and oxygen atoms in total. The van der Waals surface area contributed by atoms with E-state index in [1.54, 1.807) is 30.3 Å². The van der Waals surface area contributed by atoms with Gasteiger partial charge < -0.3 is 9.30 Å². The van der Waals surface area contributed by atoms with Crippen LogP contribution < -0.4 is 4.90 Å². The molecule has 0 atom stereocenters. The largest absolute Gasteiger partial charge is 0.465 e. The van der Waals surface area contributed by atoms with Crippen molar-refractivity contribution < 1.29 is 19.1 Å². The van der Waals surface area contributed by atoms with Crippen LogP contribution in [-0.4, -0.2) is 46.5 Å². The van der Waals surface area contributed by atoms with Crippen molar-refractivity contribution in [2.24, 2.45) is 0 Å². The number of thiocarbonyl (C=S) groups is 1. The first kappa shape index (κ1) is 25.4. The third-order valence-electron chi connectivity index (χ3n) is 6.38. The summed E-state index contributed by atoms with van der Waals surface area (Å²) in [4.78, 5) is 41.2. The molecule has 0 aliphatic carbocycles. The summed E-state index contributed by atoms with van der Waals surface area (Å²) >= 11 is 11.5.